The van der Waals surface area contributed by atoms with Gasteiger partial charge in [-0.15, -0.1) is 0 Å². The quantitative estimate of drug-likeness (QED) is 0.365. The maximum atomic E-state index is 14.0. The van der Waals surface area contributed by atoms with Crippen molar-refractivity contribution >= 4 is 11.8 Å². The number of hydrogen-bond acceptors (Lipinski definition) is 3. The summed E-state index contributed by atoms with van der Waals surface area (Å²) in [6.07, 6.45) is 5.43. The molecule has 0 aliphatic heterocycles. The number of nitrogens with one attached hydrogen (secondary N) is 1. The number of hydrogen-bond donors (Lipinski definition) is 1. The molecule has 1 fully saturated rings. The molecule has 0 spiro atoms. The van der Waals surface area contributed by atoms with Gasteiger partial charge in [0.25, 0.3) is 0 Å². The summed E-state index contributed by atoms with van der Waals surface area (Å²) in [6.45, 7) is 4.15. The van der Waals surface area contributed by atoms with E-state index in [2.05, 4.69) is 5.32 Å². The van der Waals surface area contributed by atoms with Crippen LogP contribution in [0.4, 0.5) is 0 Å². The Kier molecular flexibility index (Phi) is 8.99. The zero-order valence-electron chi connectivity index (χ0n) is 22.2. The first kappa shape index (κ1) is 26.5. The molecular weight excluding hydrogens is 460 g/mol. The molecule has 37 heavy (non-hydrogen) atoms. The van der Waals surface area contributed by atoms with Crippen LogP contribution < -0.4 is 10.1 Å². The van der Waals surface area contributed by atoms with Crippen LogP contribution in [-0.4, -0.2) is 29.9 Å². The number of benzene rings is 3. The van der Waals surface area contributed by atoms with Gasteiger partial charge in [-0.3, -0.25) is 9.59 Å². The fraction of sp³-hybridized carbons (Fsp3) is 0.375. The van der Waals surface area contributed by atoms with Crippen LogP contribution in [0.1, 0.15) is 63.1 Å². The zero-order valence-corrected chi connectivity index (χ0v) is 22.2. The third-order valence-electron chi connectivity index (χ3n) is 7.09. The molecule has 1 aliphatic carbocycles. The molecule has 0 aromatic heterocycles. The molecule has 2 amide bonds. The lowest BCUT2D eigenvalue weighted by atomic mass is 9.93. The Bertz CT molecular complexity index is 1190. The van der Waals surface area contributed by atoms with Crippen LogP contribution in [0, 0.1) is 5.92 Å². The van der Waals surface area contributed by atoms with Crippen molar-refractivity contribution < 1.29 is 14.3 Å². The summed E-state index contributed by atoms with van der Waals surface area (Å²) in [5, 5.41) is 3.30. The topological polar surface area (TPSA) is 58.6 Å². The van der Waals surface area contributed by atoms with E-state index in [0.29, 0.717) is 6.54 Å². The van der Waals surface area contributed by atoms with E-state index < -0.39 is 6.04 Å². The minimum Gasteiger partial charge on any atom is -0.497 e. The molecular formula is C32H38N2O3. The van der Waals surface area contributed by atoms with Gasteiger partial charge < -0.3 is 15.0 Å². The lowest BCUT2D eigenvalue weighted by Gasteiger charge is -2.34. The Labute approximate surface area is 220 Å². The van der Waals surface area contributed by atoms with Gasteiger partial charge in [-0.2, -0.15) is 0 Å². The maximum Gasteiger partial charge on any atom is 0.247 e. The first-order chi connectivity index (χ1) is 18.0. The van der Waals surface area contributed by atoms with E-state index in [4.69, 9.17) is 4.74 Å². The second kappa shape index (κ2) is 12.6. The fourth-order valence-corrected chi connectivity index (χ4v) is 5.10. The average molecular weight is 499 g/mol. The van der Waals surface area contributed by atoms with Crippen molar-refractivity contribution in [2.24, 2.45) is 5.92 Å². The van der Waals surface area contributed by atoms with Crippen LogP contribution in [0.15, 0.2) is 78.9 Å². The summed E-state index contributed by atoms with van der Waals surface area (Å²) in [4.78, 5) is 29.4. The minimum atomic E-state index is -0.734. The minimum absolute atomic E-state index is 0.0422. The SMILES string of the molecule is COc1cccc(-c2cccc(C(C(=O)NC3CCCCC3)N(Cc3ccccc3)C(=O)C(C)C)c2)c1. The highest BCUT2D eigenvalue weighted by atomic mass is 16.5. The van der Waals surface area contributed by atoms with Gasteiger partial charge in [-0.1, -0.05) is 93.8 Å². The van der Waals surface area contributed by atoms with E-state index in [1.807, 2.05) is 92.7 Å². The zero-order chi connectivity index (χ0) is 26.2. The van der Waals surface area contributed by atoms with Gasteiger partial charge in [-0.25, -0.2) is 0 Å². The maximum absolute atomic E-state index is 14.0. The highest BCUT2D eigenvalue weighted by Crippen LogP contribution is 2.31. The molecule has 0 saturated heterocycles. The van der Waals surface area contributed by atoms with E-state index >= 15 is 0 Å². The number of methoxy groups -OCH3 is 1. The molecule has 3 aromatic rings. The van der Waals surface area contributed by atoms with Crippen LogP contribution in [0.2, 0.25) is 0 Å². The van der Waals surface area contributed by atoms with Crippen molar-refractivity contribution in [3.8, 4) is 16.9 Å². The fourth-order valence-electron chi connectivity index (χ4n) is 5.10. The first-order valence-electron chi connectivity index (χ1n) is 13.4. The van der Waals surface area contributed by atoms with Crippen molar-refractivity contribution in [3.63, 3.8) is 0 Å². The normalized spacial score (nSPS) is 14.7. The summed E-state index contributed by atoms with van der Waals surface area (Å²) in [6, 6.07) is 25.2. The third kappa shape index (κ3) is 6.79. The van der Waals surface area contributed by atoms with Crippen LogP contribution in [0.3, 0.4) is 0 Å². The molecule has 1 N–H and O–H groups in total. The molecule has 1 unspecified atom stereocenters. The Morgan fingerprint density at radius 3 is 2.24 bits per heavy atom. The van der Waals surface area contributed by atoms with Crippen molar-refractivity contribution in [1.82, 2.24) is 10.2 Å². The molecule has 5 heteroatoms. The lowest BCUT2D eigenvalue weighted by Crippen LogP contribution is -2.47. The second-order valence-electron chi connectivity index (χ2n) is 10.2. The monoisotopic (exact) mass is 498 g/mol. The van der Waals surface area contributed by atoms with Gasteiger partial charge in [0.2, 0.25) is 11.8 Å². The number of carbonyl (C=O) groups excluding carboxylic acids is 2. The predicted molar refractivity (Wildman–Crippen MR) is 148 cm³/mol. The summed E-state index contributed by atoms with van der Waals surface area (Å²) >= 11 is 0. The molecule has 1 atom stereocenters. The molecule has 3 aromatic carbocycles. The molecule has 4 rings (SSSR count). The van der Waals surface area contributed by atoms with Crippen LogP contribution in [0.5, 0.6) is 5.75 Å². The lowest BCUT2D eigenvalue weighted by molar-refractivity contribution is -0.144. The van der Waals surface area contributed by atoms with Gasteiger partial charge in [0.15, 0.2) is 0 Å². The van der Waals surface area contributed by atoms with E-state index in [0.717, 1.165) is 53.7 Å². The van der Waals surface area contributed by atoms with E-state index in [-0.39, 0.29) is 23.8 Å². The summed E-state index contributed by atoms with van der Waals surface area (Å²) in [7, 11) is 1.65. The highest BCUT2D eigenvalue weighted by Gasteiger charge is 2.34. The van der Waals surface area contributed by atoms with Crippen molar-refractivity contribution in [2.75, 3.05) is 7.11 Å². The number of amides is 2. The second-order valence-corrected chi connectivity index (χ2v) is 10.2. The summed E-state index contributed by atoms with van der Waals surface area (Å²) in [5.74, 6) is 0.379. The molecule has 1 aliphatic rings. The van der Waals surface area contributed by atoms with Gasteiger partial charge in [-0.05, 0) is 53.3 Å². The summed E-state index contributed by atoms with van der Waals surface area (Å²) < 4.78 is 5.42. The van der Waals surface area contributed by atoms with Gasteiger partial charge in [0.1, 0.15) is 11.8 Å². The van der Waals surface area contributed by atoms with Crippen molar-refractivity contribution in [3.05, 3.63) is 90.0 Å². The van der Waals surface area contributed by atoms with Crippen molar-refractivity contribution in [1.29, 1.82) is 0 Å². The van der Waals surface area contributed by atoms with Crippen LogP contribution >= 0.6 is 0 Å². The molecule has 5 nitrogen and oxygen atoms in total. The van der Waals surface area contributed by atoms with Gasteiger partial charge in [0, 0.05) is 18.5 Å². The Hall–Kier alpha value is -3.60. The third-order valence-corrected chi connectivity index (χ3v) is 7.09. The average Bonchev–Trinajstić information content (AvgIpc) is 2.93. The Balaban J connectivity index is 1.75. The summed E-state index contributed by atoms with van der Waals surface area (Å²) in [5.41, 5.74) is 3.77. The van der Waals surface area contributed by atoms with E-state index in [1.54, 1.807) is 12.0 Å². The molecule has 0 bridgehead atoms. The van der Waals surface area contributed by atoms with Crippen molar-refractivity contribution in [2.45, 2.75) is 64.6 Å². The Morgan fingerprint density at radius 1 is 0.892 bits per heavy atom. The predicted octanol–water partition coefficient (Wildman–Crippen LogP) is 6.54. The van der Waals surface area contributed by atoms with Crippen LogP contribution in [0.25, 0.3) is 11.1 Å². The first-order valence-corrected chi connectivity index (χ1v) is 13.4. The molecule has 194 valence electrons. The number of carbonyl (C=O) groups is 2. The van der Waals surface area contributed by atoms with Crippen LogP contribution in [-0.2, 0) is 16.1 Å². The Morgan fingerprint density at radius 2 is 1.57 bits per heavy atom. The number of ether oxygens (including phenoxy) is 1. The smallest absolute Gasteiger partial charge is 0.247 e. The molecule has 0 heterocycles. The molecule has 0 radical (unpaired) electrons. The molecule has 1 saturated carbocycles. The van der Waals surface area contributed by atoms with Gasteiger partial charge >= 0.3 is 0 Å². The largest absolute Gasteiger partial charge is 0.497 e. The van der Waals surface area contributed by atoms with E-state index in [9.17, 15) is 9.59 Å². The highest BCUT2D eigenvalue weighted by molar-refractivity contribution is 5.90. The van der Waals surface area contributed by atoms with Gasteiger partial charge in [0.05, 0.1) is 7.11 Å². The number of rotatable bonds is 9. The number of nitrogens with zero attached hydrogens (tertiary/aromatic N) is 1. The standard InChI is InChI=1S/C32H38N2O3/c1-23(2)32(36)34(22-24-12-6-4-7-13-24)30(31(35)33-28-17-8-5-9-18-28)27-16-10-14-25(20-27)26-15-11-19-29(21-26)37-3/h4,6-7,10-16,19-21,23,28,30H,5,8-9,17-18,22H2,1-3H3,(H,33,35). The van der Waals surface area contributed by atoms with E-state index in [1.165, 1.54) is 6.42 Å².